The summed E-state index contributed by atoms with van der Waals surface area (Å²) >= 11 is 12.6. The number of primary amides is 1. The number of carbonyl (C=O) groups is 2. The molecule has 2 aliphatic heterocycles. The highest BCUT2D eigenvalue weighted by atomic mass is 35.5. The van der Waals surface area contributed by atoms with Crippen LogP contribution in [0.1, 0.15) is 25.3 Å². The van der Waals surface area contributed by atoms with Crippen LogP contribution in [-0.4, -0.2) is 57.1 Å². The number of aromatic nitrogens is 4. The van der Waals surface area contributed by atoms with E-state index in [2.05, 4.69) is 15.0 Å². The molecule has 6 rings (SSSR count). The van der Waals surface area contributed by atoms with E-state index in [1.807, 2.05) is 24.3 Å². The number of benzene rings is 2. The van der Waals surface area contributed by atoms with Crippen molar-refractivity contribution in [2.45, 2.75) is 36.8 Å². The zero-order valence-electron chi connectivity index (χ0n) is 23.0. The molecule has 2 N–H and O–H groups in total. The Morgan fingerprint density at radius 1 is 1.00 bits per heavy atom. The number of fused-ring (bicyclic) bond motifs is 1. The third kappa shape index (κ3) is 5.18. The minimum Gasteiger partial charge on any atom is -0.369 e. The standard InChI is InChI=1S/C29H27Cl2N7O4S/c1-29(13-18-2-4-19(5-3-18)21-14-33-17-34-15-21)27(40)37(24-11-22(30)10-23(31)12-24)28-35-16-25(38(28)29)43(41,42)36-8-6-20(7-9-36)26(32)39/h2-5,10-12,14-17,20H,6-9,13H2,1H3,(H2,32,39)/t29-/m1/s1. The number of rotatable bonds is 7. The van der Waals surface area contributed by atoms with Gasteiger partial charge in [-0.15, -0.1) is 0 Å². The molecule has 2 aromatic heterocycles. The highest BCUT2D eigenvalue weighted by molar-refractivity contribution is 7.89. The van der Waals surface area contributed by atoms with Crippen molar-refractivity contribution in [2.75, 3.05) is 18.0 Å². The summed E-state index contributed by atoms with van der Waals surface area (Å²) < 4.78 is 30.9. The molecule has 2 aliphatic rings. The normalized spacial score (nSPS) is 19.5. The molecule has 2 aromatic carbocycles. The van der Waals surface area contributed by atoms with Crippen LogP contribution in [-0.2, 0) is 31.6 Å². The zero-order valence-corrected chi connectivity index (χ0v) is 25.3. The number of carbonyl (C=O) groups excluding carboxylic acids is 2. The first-order chi connectivity index (χ1) is 20.5. The Morgan fingerprint density at radius 3 is 2.23 bits per heavy atom. The van der Waals surface area contributed by atoms with Gasteiger partial charge in [-0.05, 0) is 49.1 Å². The van der Waals surface area contributed by atoms with E-state index in [1.165, 1.54) is 26.3 Å². The van der Waals surface area contributed by atoms with Gasteiger partial charge in [0.2, 0.25) is 11.9 Å². The molecule has 1 atom stereocenters. The number of hydrogen-bond acceptors (Lipinski definition) is 7. The van der Waals surface area contributed by atoms with Crippen molar-refractivity contribution in [1.29, 1.82) is 0 Å². The summed E-state index contributed by atoms with van der Waals surface area (Å²) in [4.78, 5) is 39.9. The van der Waals surface area contributed by atoms with Crippen LogP contribution in [0.5, 0.6) is 0 Å². The summed E-state index contributed by atoms with van der Waals surface area (Å²) in [5.74, 6) is -1.09. The first kappa shape index (κ1) is 29.2. The molecular weight excluding hydrogens is 613 g/mol. The third-order valence-corrected chi connectivity index (χ3v) is 10.3. The summed E-state index contributed by atoms with van der Waals surface area (Å²) in [7, 11) is -4.11. The van der Waals surface area contributed by atoms with Crippen molar-refractivity contribution in [3.05, 3.63) is 83.0 Å². The van der Waals surface area contributed by atoms with Gasteiger partial charge in [0.1, 0.15) is 11.9 Å². The lowest BCUT2D eigenvalue weighted by Crippen LogP contribution is -2.45. The Labute approximate surface area is 258 Å². The summed E-state index contributed by atoms with van der Waals surface area (Å²) in [6.45, 7) is 1.95. The van der Waals surface area contributed by atoms with Gasteiger partial charge >= 0.3 is 0 Å². The fraction of sp³-hybridized carbons (Fsp3) is 0.276. The van der Waals surface area contributed by atoms with Crippen LogP contribution in [0.15, 0.2) is 72.4 Å². The number of piperidine rings is 1. The molecular formula is C29H27Cl2N7O4S. The van der Waals surface area contributed by atoms with Crippen molar-refractivity contribution in [1.82, 2.24) is 23.8 Å². The smallest absolute Gasteiger partial charge is 0.260 e. The number of nitrogens with zero attached hydrogens (tertiary/aromatic N) is 6. The number of halogens is 2. The van der Waals surface area contributed by atoms with E-state index in [0.717, 1.165) is 16.7 Å². The van der Waals surface area contributed by atoms with Gasteiger partial charge in [0.25, 0.3) is 15.9 Å². The molecule has 0 unspecified atom stereocenters. The predicted octanol–water partition coefficient (Wildman–Crippen LogP) is 4.17. The number of imidazole rings is 1. The van der Waals surface area contributed by atoms with E-state index in [0.29, 0.717) is 28.6 Å². The van der Waals surface area contributed by atoms with Crippen molar-refractivity contribution >= 4 is 56.7 Å². The third-order valence-electron chi connectivity index (χ3n) is 8.03. The average molecular weight is 641 g/mol. The van der Waals surface area contributed by atoms with E-state index < -0.39 is 27.4 Å². The maximum absolute atomic E-state index is 14.3. The fourth-order valence-corrected chi connectivity index (χ4v) is 7.96. The maximum atomic E-state index is 14.3. The zero-order chi connectivity index (χ0) is 30.5. The van der Waals surface area contributed by atoms with Crippen molar-refractivity contribution in [2.24, 2.45) is 11.7 Å². The lowest BCUT2D eigenvalue weighted by Gasteiger charge is -2.31. The molecule has 14 heteroatoms. The summed E-state index contributed by atoms with van der Waals surface area (Å²) in [5, 5.41) is 0.505. The van der Waals surface area contributed by atoms with Crippen LogP contribution in [0.25, 0.3) is 11.1 Å². The first-order valence-electron chi connectivity index (χ1n) is 13.5. The number of anilines is 2. The lowest BCUT2D eigenvalue weighted by molar-refractivity contribution is -0.124. The fourth-order valence-electron chi connectivity index (χ4n) is 5.79. The van der Waals surface area contributed by atoms with Crippen molar-refractivity contribution in [3.8, 4) is 11.1 Å². The van der Waals surface area contributed by atoms with Crippen LogP contribution < -0.4 is 10.6 Å². The molecule has 1 saturated heterocycles. The van der Waals surface area contributed by atoms with Crippen LogP contribution in [0.4, 0.5) is 11.6 Å². The van der Waals surface area contributed by atoms with E-state index in [9.17, 15) is 18.0 Å². The Bertz CT molecular complexity index is 1810. The molecule has 0 aliphatic carbocycles. The van der Waals surface area contributed by atoms with E-state index in [1.54, 1.807) is 37.5 Å². The summed E-state index contributed by atoms with van der Waals surface area (Å²) in [6, 6.07) is 12.3. The lowest BCUT2D eigenvalue weighted by atomic mass is 9.91. The molecule has 0 bridgehead atoms. The topological polar surface area (TPSA) is 144 Å². The molecule has 4 heterocycles. The molecule has 2 amide bonds. The van der Waals surface area contributed by atoms with Gasteiger partial charge in [0.05, 0.1) is 11.9 Å². The van der Waals surface area contributed by atoms with Gasteiger partial charge in [-0.25, -0.2) is 28.3 Å². The molecule has 11 nitrogen and oxygen atoms in total. The largest absolute Gasteiger partial charge is 0.369 e. The number of hydrogen-bond donors (Lipinski definition) is 1. The van der Waals surface area contributed by atoms with E-state index in [4.69, 9.17) is 28.9 Å². The minimum atomic E-state index is -4.11. The molecule has 4 aromatic rings. The molecule has 1 fully saturated rings. The van der Waals surface area contributed by atoms with Crippen molar-refractivity contribution < 1.29 is 18.0 Å². The second-order valence-electron chi connectivity index (χ2n) is 10.9. The Morgan fingerprint density at radius 2 is 1.63 bits per heavy atom. The van der Waals surface area contributed by atoms with Crippen LogP contribution >= 0.6 is 23.2 Å². The number of amides is 2. The van der Waals surface area contributed by atoms with E-state index >= 15 is 0 Å². The second-order valence-corrected chi connectivity index (χ2v) is 13.6. The molecule has 222 valence electrons. The molecule has 0 radical (unpaired) electrons. The van der Waals surface area contributed by atoms with Gasteiger partial charge in [-0.1, -0.05) is 47.5 Å². The summed E-state index contributed by atoms with van der Waals surface area (Å²) in [5.41, 5.74) is 6.98. The Hall–Kier alpha value is -3.84. The van der Waals surface area contributed by atoms with Crippen LogP contribution in [0.2, 0.25) is 10.0 Å². The Balaban J connectivity index is 1.42. The highest BCUT2D eigenvalue weighted by Gasteiger charge is 2.52. The quantitative estimate of drug-likeness (QED) is 0.319. The molecule has 43 heavy (non-hydrogen) atoms. The monoisotopic (exact) mass is 639 g/mol. The van der Waals surface area contributed by atoms with Gasteiger partial charge in [-0.3, -0.25) is 14.2 Å². The predicted molar refractivity (Wildman–Crippen MR) is 161 cm³/mol. The van der Waals surface area contributed by atoms with Gasteiger partial charge in [0.15, 0.2) is 5.03 Å². The SMILES string of the molecule is C[C@@]1(Cc2ccc(-c3cncnc3)cc2)C(=O)N(c2cc(Cl)cc(Cl)c2)c2ncc(S(=O)(=O)N3CCC(C(N)=O)CC3)n21. The number of nitrogens with two attached hydrogens (primary N) is 1. The Kier molecular flexibility index (Phi) is 7.49. The van der Waals surface area contributed by atoms with Gasteiger partial charge < -0.3 is 5.73 Å². The van der Waals surface area contributed by atoms with Crippen molar-refractivity contribution in [3.63, 3.8) is 0 Å². The van der Waals surface area contributed by atoms with Crippen LogP contribution in [0, 0.1) is 5.92 Å². The van der Waals surface area contributed by atoms with E-state index in [-0.39, 0.29) is 36.4 Å². The maximum Gasteiger partial charge on any atom is 0.260 e. The van der Waals surface area contributed by atoms with Crippen LogP contribution in [0.3, 0.4) is 0 Å². The summed E-state index contributed by atoms with van der Waals surface area (Å²) in [6.07, 6.45) is 6.94. The van der Waals surface area contributed by atoms with Gasteiger partial charge in [0, 0.05) is 53.4 Å². The minimum absolute atomic E-state index is 0.121. The molecule has 0 spiro atoms. The molecule has 0 saturated carbocycles. The first-order valence-corrected chi connectivity index (χ1v) is 15.7. The average Bonchev–Trinajstić information content (AvgIpc) is 3.51. The van der Waals surface area contributed by atoms with Gasteiger partial charge in [-0.2, -0.15) is 4.31 Å². The number of sulfonamides is 1. The highest BCUT2D eigenvalue weighted by Crippen LogP contribution is 2.45. The second kappa shape index (κ2) is 11.0.